The third-order valence-corrected chi connectivity index (χ3v) is 7.17. The summed E-state index contributed by atoms with van der Waals surface area (Å²) in [5.41, 5.74) is 0.735. The van der Waals surface area contributed by atoms with Gasteiger partial charge in [-0.3, -0.25) is 14.5 Å². The molecule has 190 valence electrons. The van der Waals surface area contributed by atoms with Gasteiger partial charge in [-0.15, -0.1) is 0 Å². The molecule has 2 amide bonds. The largest absolute Gasteiger partial charge is 0.496 e. The second-order valence-corrected chi connectivity index (χ2v) is 10.2. The molecule has 2 N–H and O–H groups in total. The van der Waals surface area contributed by atoms with Crippen LogP contribution in [0.1, 0.15) is 64.4 Å². The number of piperidine rings is 1. The first-order valence-corrected chi connectivity index (χ1v) is 12.9. The third kappa shape index (κ3) is 7.44. The van der Waals surface area contributed by atoms with Crippen molar-refractivity contribution in [2.45, 2.75) is 71.4 Å². The number of ether oxygens (including phenoxy) is 2. The van der Waals surface area contributed by atoms with Crippen molar-refractivity contribution in [1.82, 2.24) is 15.5 Å². The number of nitrogens with zero attached hydrogens (tertiary/aromatic N) is 1. The van der Waals surface area contributed by atoms with Gasteiger partial charge in [0.05, 0.1) is 12.5 Å². The molecule has 2 saturated heterocycles. The summed E-state index contributed by atoms with van der Waals surface area (Å²) in [4.78, 5) is 29.0. The highest BCUT2D eigenvalue weighted by Gasteiger charge is 2.42. The summed E-state index contributed by atoms with van der Waals surface area (Å²) < 4.78 is 11.3. The van der Waals surface area contributed by atoms with Crippen molar-refractivity contribution in [3.8, 4) is 5.75 Å². The maximum Gasteiger partial charge on any atom is 0.242 e. The second kappa shape index (κ2) is 13.1. The Morgan fingerprint density at radius 3 is 2.56 bits per heavy atom. The minimum atomic E-state index is -0.486. The topological polar surface area (TPSA) is 79.9 Å². The number of para-hydroxylation sites is 1. The molecule has 0 aromatic heterocycles. The van der Waals surface area contributed by atoms with Crippen molar-refractivity contribution in [2.24, 2.45) is 11.3 Å². The molecule has 0 unspecified atom stereocenters. The Hall–Kier alpha value is -2.12. The van der Waals surface area contributed by atoms with Crippen LogP contribution in [0.5, 0.6) is 5.75 Å². The molecule has 7 heteroatoms. The average molecular weight is 474 g/mol. The standard InChI is InChI=1S/C27H43N3O4/c1-21(2)19-23-25(31)28-14-8-18-34-17-7-6-11-27(26(32)29-23)12-15-30(16-13-27)20-22-9-4-5-10-24(22)33-3/h4-5,9-10,21,23H,6-8,11-20H2,1-3H3,(H,28,31)(H,29,32)/t23-/m0/s1. The highest BCUT2D eigenvalue weighted by molar-refractivity contribution is 5.90. The zero-order chi connectivity index (χ0) is 24.4. The van der Waals surface area contributed by atoms with Crippen LogP contribution in [0.15, 0.2) is 24.3 Å². The van der Waals surface area contributed by atoms with E-state index in [9.17, 15) is 9.59 Å². The number of methoxy groups -OCH3 is 1. The van der Waals surface area contributed by atoms with Crippen molar-refractivity contribution in [3.05, 3.63) is 29.8 Å². The molecule has 2 heterocycles. The molecule has 1 spiro atoms. The summed E-state index contributed by atoms with van der Waals surface area (Å²) in [6, 6.07) is 7.64. The lowest BCUT2D eigenvalue weighted by atomic mass is 9.73. The average Bonchev–Trinajstić information content (AvgIpc) is 2.83. The Kier molecular flexibility index (Phi) is 10.2. The van der Waals surface area contributed by atoms with Gasteiger partial charge in [-0.1, -0.05) is 38.5 Å². The monoisotopic (exact) mass is 473 g/mol. The van der Waals surface area contributed by atoms with Gasteiger partial charge in [0.1, 0.15) is 11.8 Å². The summed E-state index contributed by atoms with van der Waals surface area (Å²) in [7, 11) is 1.71. The van der Waals surface area contributed by atoms with Crippen molar-refractivity contribution in [3.63, 3.8) is 0 Å². The number of carbonyl (C=O) groups excluding carboxylic acids is 2. The van der Waals surface area contributed by atoms with Gasteiger partial charge in [0, 0.05) is 31.9 Å². The molecule has 0 saturated carbocycles. The van der Waals surface area contributed by atoms with E-state index in [4.69, 9.17) is 9.47 Å². The summed E-state index contributed by atoms with van der Waals surface area (Å²) in [5.74, 6) is 1.18. The van der Waals surface area contributed by atoms with E-state index in [1.165, 1.54) is 5.56 Å². The minimum absolute atomic E-state index is 0.0446. The summed E-state index contributed by atoms with van der Waals surface area (Å²) >= 11 is 0. The molecule has 3 rings (SSSR count). The van der Waals surface area contributed by atoms with Crippen LogP contribution >= 0.6 is 0 Å². The Morgan fingerprint density at radius 2 is 1.82 bits per heavy atom. The van der Waals surface area contributed by atoms with Gasteiger partial charge >= 0.3 is 0 Å². The van der Waals surface area contributed by atoms with E-state index in [-0.39, 0.29) is 11.8 Å². The first-order chi connectivity index (χ1) is 16.4. The fraction of sp³-hybridized carbons (Fsp3) is 0.704. The van der Waals surface area contributed by atoms with Crippen molar-refractivity contribution < 1.29 is 19.1 Å². The lowest BCUT2D eigenvalue weighted by Gasteiger charge is -2.41. The molecule has 1 aromatic carbocycles. The van der Waals surface area contributed by atoms with Crippen molar-refractivity contribution in [2.75, 3.05) is 40.0 Å². The van der Waals surface area contributed by atoms with Crippen LogP contribution in [-0.4, -0.2) is 62.7 Å². The molecule has 1 atom stereocenters. The number of benzene rings is 1. The van der Waals surface area contributed by atoms with Gasteiger partial charge < -0.3 is 20.1 Å². The lowest BCUT2D eigenvalue weighted by Crippen LogP contribution is -2.55. The summed E-state index contributed by atoms with van der Waals surface area (Å²) in [6.45, 7) is 8.63. The van der Waals surface area contributed by atoms with Gasteiger partial charge in [0.25, 0.3) is 0 Å². The lowest BCUT2D eigenvalue weighted by molar-refractivity contribution is -0.138. The number of nitrogens with one attached hydrogen (secondary N) is 2. The van der Waals surface area contributed by atoms with Gasteiger partial charge in [-0.05, 0) is 63.6 Å². The van der Waals surface area contributed by atoms with E-state index in [2.05, 4.69) is 35.4 Å². The van der Waals surface area contributed by atoms with Crippen LogP contribution in [0.4, 0.5) is 0 Å². The summed E-state index contributed by atoms with van der Waals surface area (Å²) in [5, 5.41) is 6.17. The van der Waals surface area contributed by atoms with Crippen LogP contribution in [-0.2, 0) is 20.9 Å². The number of carbonyl (C=O) groups is 2. The van der Waals surface area contributed by atoms with Gasteiger partial charge in [-0.2, -0.15) is 0 Å². The Morgan fingerprint density at radius 1 is 1.09 bits per heavy atom. The zero-order valence-electron chi connectivity index (χ0n) is 21.2. The predicted octanol–water partition coefficient (Wildman–Crippen LogP) is 3.52. The molecule has 0 aliphatic carbocycles. The maximum absolute atomic E-state index is 13.7. The van der Waals surface area contributed by atoms with E-state index < -0.39 is 11.5 Å². The first kappa shape index (κ1) is 26.5. The Bertz CT molecular complexity index is 790. The summed E-state index contributed by atoms with van der Waals surface area (Å²) in [6.07, 6.45) is 5.78. The van der Waals surface area contributed by atoms with Crippen LogP contribution in [0.3, 0.4) is 0 Å². The number of hydrogen-bond donors (Lipinski definition) is 2. The number of likely N-dealkylation sites (tertiary alicyclic amines) is 1. The molecule has 34 heavy (non-hydrogen) atoms. The molecule has 2 fully saturated rings. The molecule has 2 aliphatic heterocycles. The molecule has 1 aromatic rings. The van der Waals surface area contributed by atoms with Gasteiger partial charge in [0.15, 0.2) is 0 Å². The number of amides is 2. The highest BCUT2D eigenvalue weighted by atomic mass is 16.5. The molecule has 7 nitrogen and oxygen atoms in total. The van der Waals surface area contributed by atoms with Crippen LogP contribution in [0, 0.1) is 11.3 Å². The van der Waals surface area contributed by atoms with Gasteiger partial charge in [-0.25, -0.2) is 0 Å². The Labute approximate surface area is 204 Å². The number of rotatable bonds is 5. The van der Waals surface area contributed by atoms with E-state index in [1.807, 2.05) is 18.2 Å². The predicted molar refractivity (Wildman–Crippen MR) is 134 cm³/mol. The van der Waals surface area contributed by atoms with Crippen LogP contribution in [0.2, 0.25) is 0 Å². The quantitative estimate of drug-likeness (QED) is 0.684. The van der Waals surface area contributed by atoms with Gasteiger partial charge in [0.2, 0.25) is 11.8 Å². The molecule has 0 radical (unpaired) electrons. The van der Waals surface area contributed by atoms with E-state index >= 15 is 0 Å². The fourth-order valence-electron chi connectivity index (χ4n) is 5.10. The van der Waals surface area contributed by atoms with E-state index in [1.54, 1.807) is 7.11 Å². The first-order valence-electron chi connectivity index (χ1n) is 12.9. The van der Waals surface area contributed by atoms with Crippen LogP contribution < -0.4 is 15.4 Å². The third-order valence-electron chi connectivity index (χ3n) is 7.17. The normalized spacial score (nSPS) is 23.2. The second-order valence-electron chi connectivity index (χ2n) is 10.2. The smallest absolute Gasteiger partial charge is 0.242 e. The fourth-order valence-corrected chi connectivity index (χ4v) is 5.10. The van der Waals surface area contributed by atoms with E-state index in [0.29, 0.717) is 32.1 Å². The SMILES string of the molecule is COc1ccccc1CN1CCC2(CCCCOCCCNC(=O)[C@H](CC(C)C)NC2=O)CC1. The molecular formula is C27H43N3O4. The van der Waals surface area contributed by atoms with Crippen LogP contribution in [0.25, 0.3) is 0 Å². The maximum atomic E-state index is 13.7. The number of hydrogen-bond acceptors (Lipinski definition) is 5. The van der Waals surface area contributed by atoms with Crippen molar-refractivity contribution >= 4 is 11.8 Å². The molecular weight excluding hydrogens is 430 g/mol. The molecule has 0 bridgehead atoms. The zero-order valence-corrected chi connectivity index (χ0v) is 21.2. The van der Waals surface area contributed by atoms with E-state index in [0.717, 1.165) is 63.9 Å². The Balaban J connectivity index is 1.71. The molecule has 2 aliphatic rings. The minimum Gasteiger partial charge on any atom is -0.496 e. The van der Waals surface area contributed by atoms with Crippen molar-refractivity contribution in [1.29, 1.82) is 0 Å². The highest BCUT2D eigenvalue weighted by Crippen LogP contribution is 2.38.